The summed E-state index contributed by atoms with van der Waals surface area (Å²) in [7, 11) is 0. The Morgan fingerprint density at radius 3 is 2.26 bits per heavy atom. The van der Waals surface area contributed by atoms with Crippen molar-refractivity contribution in [3.8, 4) is 0 Å². The molecular weight excluding hydrogens is 252 g/mol. The Labute approximate surface area is 110 Å². The van der Waals surface area contributed by atoms with Crippen LogP contribution in [0.1, 0.15) is 25.7 Å². The van der Waals surface area contributed by atoms with Crippen molar-refractivity contribution in [2.75, 3.05) is 13.2 Å². The highest BCUT2D eigenvalue weighted by Crippen LogP contribution is 2.25. The van der Waals surface area contributed by atoms with Crippen LogP contribution in [-0.4, -0.2) is 36.2 Å². The largest absolute Gasteiger partial charge is 0.478 e. The Bertz CT molecular complexity index is 421. The molecule has 0 aromatic heterocycles. The lowest BCUT2D eigenvalue weighted by Crippen LogP contribution is -2.19. The topological polar surface area (TPSA) is 89.9 Å². The molecule has 0 saturated heterocycles. The number of carbonyl (C=O) groups is 3. The van der Waals surface area contributed by atoms with E-state index in [0.29, 0.717) is 12.8 Å². The van der Waals surface area contributed by atoms with E-state index >= 15 is 0 Å². The fraction of sp³-hybridized carbons (Fsp3) is 0.462. The quantitative estimate of drug-likeness (QED) is 0.442. The third-order valence-corrected chi connectivity index (χ3v) is 2.70. The molecule has 0 aromatic rings. The molecule has 6 heteroatoms. The normalized spacial score (nSPS) is 14.7. The summed E-state index contributed by atoms with van der Waals surface area (Å²) < 4.78 is 9.52. The molecular formula is C13H16O6. The molecule has 1 aliphatic rings. The molecule has 0 saturated carbocycles. The average Bonchev–Trinajstić information content (AvgIpc) is 2.42. The maximum atomic E-state index is 11.7. The van der Waals surface area contributed by atoms with Gasteiger partial charge in [-0.15, -0.1) is 0 Å². The number of carboxylic acid groups (broad SMARTS) is 1. The summed E-state index contributed by atoms with van der Waals surface area (Å²) in [4.78, 5) is 33.4. The van der Waals surface area contributed by atoms with E-state index in [0.717, 1.165) is 18.9 Å². The summed E-state index contributed by atoms with van der Waals surface area (Å²) >= 11 is 0. The van der Waals surface area contributed by atoms with Gasteiger partial charge in [-0.25, -0.2) is 14.4 Å². The van der Waals surface area contributed by atoms with E-state index < -0.39 is 17.9 Å². The van der Waals surface area contributed by atoms with Crippen molar-refractivity contribution < 1.29 is 29.0 Å². The molecule has 1 aliphatic carbocycles. The second kappa shape index (κ2) is 7.35. The molecule has 0 aromatic carbocycles. The number of carbonyl (C=O) groups excluding carboxylic acids is 2. The van der Waals surface area contributed by atoms with Crippen LogP contribution in [0.5, 0.6) is 0 Å². The van der Waals surface area contributed by atoms with E-state index in [1.165, 1.54) is 0 Å². The van der Waals surface area contributed by atoms with Gasteiger partial charge in [0.2, 0.25) is 0 Å². The predicted molar refractivity (Wildman–Crippen MR) is 65.2 cm³/mol. The van der Waals surface area contributed by atoms with Crippen molar-refractivity contribution >= 4 is 17.9 Å². The number of esters is 2. The second-order valence-corrected chi connectivity index (χ2v) is 3.98. The van der Waals surface area contributed by atoms with Gasteiger partial charge in [0.1, 0.15) is 13.2 Å². The number of hydrogen-bond acceptors (Lipinski definition) is 5. The molecule has 0 fully saturated rings. The first-order valence-corrected chi connectivity index (χ1v) is 5.98. The van der Waals surface area contributed by atoms with Crippen molar-refractivity contribution in [3.63, 3.8) is 0 Å². The summed E-state index contributed by atoms with van der Waals surface area (Å²) in [5, 5.41) is 8.99. The van der Waals surface area contributed by atoms with Gasteiger partial charge in [-0.1, -0.05) is 6.58 Å². The lowest BCUT2D eigenvalue weighted by Gasteiger charge is -2.16. The molecule has 0 bridgehead atoms. The standard InChI is InChI=1S/C13H16O6/c1-2-11(14)18-7-8-19-13(17)10-6-4-3-5-9(10)12(15)16/h2H,1,3-8H2,(H,15,16). The first-order chi connectivity index (χ1) is 9.06. The molecule has 0 amide bonds. The Morgan fingerprint density at radius 2 is 1.68 bits per heavy atom. The van der Waals surface area contributed by atoms with Gasteiger partial charge >= 0.3 is 17.9 Å². The van der Waals surface area contributed by atoms with E-state index in [9.17, 15) is 14.4 Å². The summed E-state index contributed by atoms with van der Waals surface area (Å²) in [6, 6.07) is 0. The number of rotatable bonds is 6. The third kappa shape index (κ3) is 4.57. The summed E-state index contributed by atoms with van der Waals surface area (Å²) in [6.45, 7) is 3.04. The first-order valence-electron chi connectivity index (χ1n) is 5.98. The zero-order chi connectivity index (χ0) is 14.3. The minimum Gasteiger partial charge on any atom is -0.478 e. The number of hydrogen-bond donors (Lipinski definition) is 1. The molecule has 0 aliphatic heterocycles. The highest BCUT2D eigenvalue weighted by atomic mass is 16.6. The van der Waals surface area contributed by atoms with Crippen LogP contribution in [0.2, 0.25) is 0 Å². The Kier molecular flexibility index (Phi) is 5.78. The van der Waals surface area contributed by atoms with Crippen LogP contribution in [0.15, 0.2) is 23.8 Å². The fourth-order valence-corrected chi connectivity index (χ4v) is 1.79. The molecule has 0 atom stereocenters. The molecule has 6 nitrogen and oxygen atoms in total. The molecule has 1 rings (SSSR count). The van der Waals surface area contributed by atoms with Gasteiger partial charge in [0, 0.05) is 17.2 Å². The Hall–Kier alpha value is -2.11. The van der Waals surface area contributed by atoms with Crippen LogP contribution in [0.4, 0.5) is 0 Å². The van der Waals surface area contributed by atoms with Crippen molar-refractivity contribution in [1.82, 2.24) is 0 Å². The molecule has 19 heavy (non-hydrogen) atoms. The molecule has 0 heterocycles. The monoisotopic (exact) mass is 268 g/mol. The lowest BCUT2D eigenvalue weighted by molar-refractivity contribution is -0.147. The molecule has 0 unspecified atom stereocenters. The van der Waals surface area contributed by atoms with Crippen LogP contribution in [0.25, 0.3) is 0 Å². The van der Waals surface area contributed by atoms with E-state index in [2.05, 4.69) is 11.3 Å². The third-order valence-electron chi connectivity index (χ3n) is 2.70. The zero-order valence-electron chi connectivity index (χ0n) is 10.5. The van der Waals surface area contributed by atoms with E-state index in [4.69, 9.17) is 9.84 Å². The maximum Gasteiger partial charge on any atom is 0.334 e. The number of carboxylic acids is 1. The lowest BCUT2D eigenvalue weighted by atomic mass is 9.92. The van der Waals surface area contributed by atoms with Gasteiger partial charge in [-0.3, -0.25) is 0 Å². The van der Waals surface area contributed by atoms with E-state index in [1.807, 2.05) is 0 Å². The van der Waals surface area contributed by atoms with Gasteiger partial charge in [0.05, 0.1) is 0 Å². The van der Waals surface area contributed by atoms with Gasteiger partial charge in [-0.2, -0.15) is 0 Å². The second-order valence-electron chi connectivity index (χ2n) is 3.98. The zero-order valence-corrected chi connectivity index (χ0v) is 10.5. The van der Waals surface area contributed by atoms with Gasteiger partial charge in [0.15, 0.2) is 0 Å². The summed E-state index contributed by atoms with van der Waals surface area (Å²) in [6.07, 6.45) is 3.33. The van der Waals surface area contributed by atoms with Crippen molar-refractivity contribution in [3.05, 3.63) is 23.8 Å². The Morgan fingerprint density at radius 1 is 1.11 bits per heavy atom. The average molecular weight is 268 g/mol. The minimum atomic E-state index is -1.08. The van der Waals surface area contributed by atoms with Crippen molar-refractivity contribution in [1.29, 1.82) is 0 Å². The molecule has 0 spiro atoms. The van der Waals surface area contributed by atoms with Crippen LogP contribution < -0.4 is 0 Å². The van der Waals surface area contributed by atoms with Crippen molar-refractivity contribution in [2.24, 2.45) is 0 Å². The first kappa shape index (κ1) is 14.9. The fourth-order valence-electron chi connectivity index (χ4n) is 1.79. The maximum absolute atomic E-state index is 11.7. The van der Waals surface area contributed by atoms with Gasteiger partial charge in [-0.05, 0) is 25.7 Å². The van der Waals surface area contributed by atoms with Gasteiger partial charge in [0.25, 0.3) is 0 Å². The van der Waals surface area contributed by atoms with Crippen molar-refractivity contribution in [2.45, 2.75) is 25.7 Å². The Balaban J connectivity index is 2.49. The molecule has 104 valence electrons. The highest BCUT2D eigenvalue weighted by Gasteiger charge is 2.24. The molecule has 1 N–H and O–H groups in total. The smallest absolute Gasteiger partial charge is 0.334 e. The predicted octanol–water partition coefficient (Wildman–Crippen LogP) is 1.21. The number of aliphatic carboxylic acids is 1. The molecule has 0 radical (unpaired) electrons. The summed E-state index contributed by atoms with van der Waals surface area (Å²) in [5.41, 5.74) is 0.341. The SMILES string of the molecule is C=CC(=O)OCCOC(=O)C1=C(C(=O)O)CCCC1. The minimum absolute atomic E-state index is 0.0771. The van der Waals surface area contributed by atoms with Crippen LogP contribution in [-0.2, 0) is 23.9 Å². The van der Waals surface area contributed by atoms with E-state index in [-0.39, 0.29) is 24.4 Å². The van der Waals surface area contributed by atoms with E-state index in [1.54, 1.807) is 0 Å². The van der Waals surface area contributed by atoms with Crippen LogP contribution in [0.3, 0.4) is 0 Å². The van der Waals surface area contributed by atoms with Gasteiger partial charge < -0.3 is 14.6 Å². The summed E-state index contributed by atoms with van der Waals surface area (Å²) in [5.74, 6) is -2.32. The number of ether oxygens (including phenoxy) is 2. The highest BCUT2D eigenvalue weighted by molar-refractivity contribution is 5.99. The van der Waals surface area contributed by atoms with Crippen LogP contribution in [0, 0.1) is 0 Å². The van der Waals surface area contributed by atoms with Crippen LogP contribution >= 0.6 is 0 Å².